The second-order valence-corrected chi connectivity index (χ2v) is 7.55. The van der Waals surface area contributed by atoms with E-state index in [4.69, 9.17) is 16.0 Å². The fourth-order valence-corrected chi connectivity index (χ4v) is 3.57. The molecule has 0 aliphatic rings. The normalized spacial score (nSPS) is 10.9. The molecule has 10 heteroatoms. The molecule has 130 valence electrons. The number of carbonyl (C=O) groups is 1. The zero-order valence-corrected chi connectivity index (χ0v) is 15.6. The fraction of sp³-hybridized carbons (Fsp3) is 0.200. The first-order valence-corrected chi connectivity index (χ1v) is 9.26. The van der Waals surface area contributed by atoms with E-state index >= 15 is 0 Å². The monoisotopic (exact) mass is 398 g/mol. The molecule has 1 N–H and O–H groups in total. The van der Waals surface area contributed by atoms with E-state index < -0.39 is 11.7 Å². The summed E-state index contributed by atoms with van der Waals surface area (Å²) in [6.07, 6.45) is 0. The van der Waals surface area contributed by atoms with Crippen molar-refractivity contribution in [2.24, 2.45) is 0 Å². The van der Waals surface area contributed by atoms with E-state index in [2.05, 4.69) is 20.5 Å². The van der Waals surface area contributed by atoms with Gasteiger partial charge in [0.05, 0.1) is 22.1 Å². The smallest absolute Gasteiger partial charge is 0.277 e. The molecule has 3 aromatic rings. The number of benzene rings is 1. The lowest BCUT2D eigenvalue weighted by atomic mass is 10.3. The van der Waals surface area contributed by atoms with Gasteiger partial charge in [0.25, 0.3) is 11.1 Å². The first-order valence-electron chi connectivity index (χ1n) is 7.08. The molecule has 2 aromatic heterocycles. The molecular weight excluding hydrogens is 387 g/mol. The predicted molar refractivity (Wildman–Crippen MR) is 95.6 cm³/mol. The average Bonchev–Trinajstić information content (AvgIpc) is 3.15. The van der Waals surface area contributed by atoms with Crippen molar-refractivity contribution in [3.05, 3.63) is 39.7 Å². The van der Waals surface area contributed by atoms with E-state index in [0.717, 1.165) is 27.3 Å². The highest BCUT2D eigenvalue weighted by atomic mass is 35.5. The molecule has 6 nitrogen and oxygen atoms in total. The fourth-order valence-electron chi connectivity index (χ4n) is 2.00. The summed E-state index contributed by atoms with van der Waals surface area (Å²) in [5, 5.41) is 11.8. The standard InChI is InChI=1S/C15H12ClFN4O2S2/c1-7-13(25-8(2)18-7)14-20-21-15(23-14)24-6-12(22)19-11-5-9(16)3-4-10(11)17/h3-5H,6H2,1-2H3,(H,19,22). The van der Waals surface area contributed by atoms with E-state index in [-0.39, 0.29) is 16.7 Å². The van der Waals surface area contributed by atoms with Gasteiger partial charge >= 0.3 is 0 Å². The average molecular weight is 399 g/mol. The summed E-state index contributed by atoms with van der Waals surface area (Å²) in [6, 6.07) is 3.94. The van der Waals surface area contributed by atoms with E-state index in [1.807, 2.05) is 13.8 Å². The first-order chi connectivity index (χ1) is 11.9. The summed E-state index contributed by atoms with van der Waals surface area (Å²) in [5.74, 6) is -0.602. The second kappa shape index (κ2) is 7.51. The van der Waals surface area contributed by atoms with Gasteiger partial charge in [0.2, 0.25) is 5.91 Å². The molecule has 25 heavy (non-hydrogen) atoms. The highest BCUT2D eigenvalue weighted by Crippen LogP contribution is 2.30. The van der Waals surface area contributed by atoms with E-state index in [9.17, 15) is 9.18 Å². The zero-order valence-electron chi connectivity index (χ0n) is 13.2. The second-order valence-electron chi connectivity index (χ2n) is 4.98. The maximum Gasteiger partial charge on any atom is 0.277 e. The Kier molecular flexibility index (Phi) is 5.36. The maximum atomic E-state index is 13.6. The van der Waals surface area contributed by atoms with Gasteiger partial charge in [0.15, 0.2) is 0 Å². The number of hydrogen-bond acceptors (Lipinski definition) is 7. The number of aryl methyl sites for hydroxylation is 2. The third-order valence-corrected chi connectivity index (χ3v) is 5.15. The number of rotatable bonds is 5. The van der Waals surface area contributed by atoms with Crippen LogP contribution in [0.2, 0.25) is 5.02 Å². The van der Waals surface area contributed by atoms with E-state index in [0.29, 0.717) is 10.9 Å². The predicted octanol–water partition coefficient (Wildman–Crippen LogP) is 4.33. The molecule has 0 saturated heterocycles. The van der Waals surface area contributed by atoms with Crippen LogP contribution in [0.25, 0.3) is 10.8 Å². The number of thiazole rings is 1. The Morgan fingerprint density at radius 2 is 2.20 bits per heavy atom. The van der Waals surface area contributed by atoms with Crippen LogP contribution >= 0.6 is 34.7 Å². The van der Waals surface area contributed by atoms with Gasteiger partial charge in [-0.3, -0.25) is 4.79 Å². The van der Waals surface area contributed by atoms with Gasteiger partial charge in [-0.15, -0.1) is 21.5 Å². The Bertz CT molecular complexity index is 928. The van der Waals surface area contributed by atoms with Gasteiger partial charge < -0.3 is 9.73 Å². The SMILES string of the molecule is Cc1nc(C)c(-c2nnc(SCC(=O)Nc3cc(Cl)ccc3F)o2)s1. The van der Waals surface area contributed by atoms with Crippen LogP contribution in [0.1, 0.15) is 10.7 Å². The van der Waals surface area contributed by atoms with Crippen LogP contribution in [0.15, 0.2) is 27.8 Å². The number of halogens is 2. The van der Waals surface area contributed by atoms with Gasteiger partial charge in [-0.2, -0.15) is 0 Å². The molecule has 0 unspecified atom stereocenters. The number of hydrogen-bond donors (Lipinski definition) is 1. The first kappa shape index (κ1) is 17.8. The number of nitrogens with zero attached hydrogens (tertiary/aromatic N) is 3. The molecular formula is C15H12ClFN4O2S2. The lowest BCUT2D eigenvalue weighted by molar-refractivity contribution is -0.113. The highest BCUT2D eigenvalue weighted by molar-refractivity contribution is 7.99. The minimum atomic E-state index is -0.557. The van der Waals surface area contributed by atoms with Crippen LogP contribution < -0.4 is 5.32 Å². The lowest BCUT2D eigenvalue weighted by Crippen LogP contribution is -2.15. The summed E-state index contributed by atoms with van der Waals surface area (Å²) in [7, 11) is 0. The van der Waals surface area contributed by atoms with Crippen LogP contribution in [0.3, 0.4) is 0 Å². The minimum Gasteiger partial charge on any atom is -0.410 e. The summed E-state index contributed by atoms with van der Waals surface area (Å²) in [5.41, 5.74) is 0.844. The van der Waals surface area contributed by atoms with Crippen molar-refractivity contribution in [1.29, 1.82) is 0 Å². The summed E-state index contributed by atoms with van der Waals surface area (Å²) >= 11 is 8.31. The van der Waals surface area contributed by atoms with Crippen LogP contribution in [-0.4, -0.2) is 26.8 Å². The molecule has 0 aliphatic heterocycles. The maximum absolute atomic E-state index is 13.6. The Balaban J connectivity index is 1.61. The van der Waals surface area contributed by atoms with E-state index in [1.54, 1.807) is 0 Å². The van der Waals surface area contributed by atoms with Crippen LogP contribution in [0.4, 0.5) is 10.1 Å². The summed E-state index contributed by atoms with van der Waals surface area (Å²) in [4.78, 5) is 17.1. The van der Waals surface area contributed by atoms with E-state index in [1.165, 1.54) is 29.5 Å². The molecule has 0 atom stereocenters. The molecule has 0 radical (unpaired) electrons. The topological polar surface area (TPSA) is 80.9 Å². The van der Waals surface area contributed by atoms with Crippen molar-refractivity contribution >= 4 is 46.3 Å². The molecule has 3 rings (SSSR count). The Hall–Kier alpha value is -1.97. The number of carbonyl (C=O) groups excluding carboxylic acids is 1. The van der Waals surface area contributed by atoms with Crippen molar-refractivity contribution in [3.8, 4) is 10.8 Å². The van der Waals surface area contributed by atoms with Gasteiger partial charge in [0, 0.05) is 5.02 Å². The van der Waals surface area contributed by atoms with Crippen LogP contribution in [0, 0.1) is 19.7 Å². The number of nitrogens with one attached hydrogen (secondary N) is 1. The zero-order chi connectivity index (χ0) is 18.0. The molecule has 2 heterocycles. The summed E-state index contributed by atoms with van der Waals surface area (Å²) in [6.45, 7) is 3.76. The van der Waals surface area contributed by atoms with Crippen molar-refractivity contribution in [1.82, 2.24) is 15.2 Å². The quantitative estimate of drug-likeness (QED) is 0.644. The van der Waals surface area contributed by atoms with Crippen molar-refractivity contribution in [3.63, 3.8) is 0 Å². The molecule has 0 bridgehead atoms. The number of thioether (sulfide) groups is 1. The number of anilines is 1. The van der Waals surface area contributed by atoms with Crippen molar-refractivity contribution in [2.75, 3.05) is 11.1 Å². The van der Waals surface area contributed by atoms with Gasteiger partial charge in [-0.05, 0) is 32.0 Å². The molecule has 0 aliphatic carbocycles. The lowest BCUT2D eigenvalue weighted by Gasteiger charge is -2.05. The molecule has 0 saturated carbocycles. The Morgan fingerprint density at radius 3 is 2.92 bits per heavy atom. The van der Waals surface area contributed by atoms with Gasteiger partial charge in [-0.25, -0.2) is 9.37 Å². The number of amides is 1. The summed E-state index contributed by atoms with van der Waals surface area (Å²) < 4.78 is 19.1. The van der Waals surface area contributed by atoms with Crippen molar-refractivity contribution < 1.29 is 13.6 Å². The van der Waals surface area contributed by atoms with Crippen LogP contribution in [-0.2, 0) is 4.79 Å². The molecule has 0 fully saturated rings. The van der Waals surface area contributed by atoms with Crippen LogP contribution in [0.5, 0.6) is 0 Å². The largest absolute Gasteiger partial charge is 0.410 e. The number of aromatic nitrogens is 3. The van der Waals surface area contributed by atoms with Gasteiger partial charge in [0.1, 0.15) is 10.7 Å². The molecule has 1 aromatic carbocycles. The van der Waals surface area contributed by atoms with Gasteiger partial charge in [-0.1, -0.05) is 23.4 Å². The third kappa shape index (κ3) is 4.36. The molecule has 0 spiro atoms. The Morgan fingerprint density at radius 1 is 1.40 bits per heavy atom. The third-order valence-electron chi connectivity index (χ3n) is 3.03. The Labute approximate surface area is 155 Å². The van der Waals surface area contributed by atoms with Crippen molar-refractivity contribution in [2.45, 2.75) is 19.1 Å². The molecule has 1 amide bonds. The highest BCUT2D eigenvalue weighted by Gasteiger charge is 2.16. The minimum absolute atomic E-state index is 0.00567.